The number of carbonyl (C=O) groups excluding carboxylic acids is 1. The fourth-order valence-electron chi connectivity index (χ4n) is 6.14. The highest BCUT2D eigenvalue weighted by Crippen LogP contribution is 2.43. The molecule has 0 fully saturated rings. The van der Waals surface area contributed by atoms with Crippen molar-refractivity contribution in [2.45, 2.75) is 206 Å². The summed E-state index contributed by atoms with van der Waals surface area (Å²) >= 11 is 0. The first kappa shape index (κ1) is 51.2. The second-order valence-corrected chi connectivity index (χ2v) is 17.5. The van der Waals surface area contributed by atoms with Crippen molar-refractivity contribution in [3.05, 3.63) is 12.2 Å². The molecule has 1 N–H and O–H groups in total. The van der Waals surface area contributed by atoms with Crippen molar-refractivity contribution >= 4 is 13.8 Å². The lowest BCUT2D eigenvalue weighted by atomic mass is 10.0. The van der Waals surface area contributed by atoms with Gasteiger partial charge in [-0.05, 0) is 38.5 Å². The van der Waals surface area contributed by atoms with Crippen LogP contribution in [0.1, 0.15) is 200 Å². The molecular weight excluding hydrogens is 673 g/mol. The van der Waals surface area contributed by atoms with E-state index in [1.165, 1.54) is 148 Å². The molecular formula is C43H87NO7P+. The number of rotatable bonds is 41. The van der Waals surface area contributed by atoms with Gasteiger partial charge in [0.1, 0.15) is 19.3 Å². The van der Waals surface area contributed by atoms with Gasteiger partial charge in [-0.3, -0.25) is 13.8 Å². The quantitative estimate of drug-likeness (QED) is 0.0218. The largest absolute Gasteiger partial charge is 0.472 e. The second-order valence-electron chi connectivity index (χ2n) is 16.1. The molecule has 52 heavy (non-hydrogen) atoms. The van der Waals surface area contributed by atoms with Crippen molar-refractivity contribution < 1.29 is 37.3 Å². The fourth-order valence-corrected chi connectivity index (χ4v) is 6.88. The number of ether oxygens (including phenoxy) is 2. The molecule has 0 aliphatic rings. The second kappa shape index (κ2) is 37.2. The van der Waals surface area contributed by atoms with Crippen LogP contribution in [0.5, 0.6) is 0 Å². The summed E-state index contributed by atoms with van der Waals surface area (Å²) in [6.45, 7) is 5.59. The maximum atomic E-state index is 12.5. The minimum absolute atomic E-state index is 0.0913. The lowest BCUT2D eigenvalue weighted by Gasteiger charge is -2.24. The number of phosphoric acid groups is 1. The Hall–Kier alpha value is -0.760. The molecule has 0 aromatic heterocycles. The summed E-state index contributed by atoms with van der Waals surface area (Å²) in [6, 6.07) is 0. The number of allylic oxidation sites excluding steroid dienone is 2. The highest BCUT2D eigenvalue weighted by atomic mass is 31.2. The number of unbranched alkanes of at least 4 members (excludes halogenated alkanes) is 25. The van der Waals surface area contributed by atoms with Gasteiger partial charge in [0.05, 0.1) is 34.4 Å². The number of phosphoric ester groups is 1. The number of esters is 1. The normalized spacial score (nSPS) is 13.9. The SMILES string of the molecule is CCCCCCCCCC/C=C\CCCCCCCCCCCCCCOCC(COP(=O)(O)OCC[N+](C)(C)C)OC(=O)CCCCCCCC. The fraction of sp³-hybridized carbons (Fsp3) is 0.930. The number of nitrogens with zero attached hydrogens (tertiary/aromatic N) is 1. The van der Waals surface area contributed by atoms with E-state index in [2.05, 4.69) is 26.0 Å². The van der Waals surface area contributed by atoms with Crippen LogP contribution in [0.4, 0.5) is 0 Å². The molecule has 0 aliphatic carbocycles. The number of hydrogen-bond donors (Lipinski definition) is 1. The average molecular weight is 761 g/mol. The number of carbonyl (C=O) groups is 1. The van der Waals surface area contributed by atoms with Crippen LogP contribution >= 0.6 is 7.82 Å². The minimum atomic E-state index is -4.26. The van der Waals surface area contributed by atoms with Crippen LogP contribution in [0.3, 0.4) is 0 Å². The van der Waals surface area contributed by atoms with Gasteiger partial charge in [-0.1, -0.05) is 167 Å². The Labute approximate surface area is 322 Å². The topological polar surface area (TPSA) is 91.3 Å². The summed E-state index contributed by atoms with van der Waals surface area (Å²) in [5.74, 6) is -0.321. The Morgan fingerprint density at radius 1 is 0.577 bits per heavy atom. The molecule has 0 spiro atoms. The molecule has 0 radical (unpaired) electrons. The van der Waals surface area contributed by atoms with Crippen LogP contribution < -0.4 is 0 Å². The lowest BCUT2D eigenvalue weighted by molar-refractivity contribution is -0.870. The minimum Gasteiger partial charge on any atom is -0.457 e. The van der Waals surface area contributed by atoms with Gasteiger partial charge in [-0.15, -0.1) is 0 Å². The van der Waals surface area contributed by atoms with Crippen LogP contribution in [-0.4, -0.2) is 75.6 Å². The van der Waals surface area contributed by atoms with Crippen LogP contribution in [0.25, 0.3) is 0 Å². The molecule has 0 aliphatic heterocycles. The highest BCUT2D eigenvalue weighted by molar-refractivity contribution is 7.47. The van der Waals surface area contributed by atoms with E-state index in [-0.39, 0.29) is 25.8 Å². The molecule has 0 rings (SSSR count). The van der Waals surface area contributed by atoms with E-state index in [0.717, 1.165) is 32.1 Å². The van der Waals surface area contributed by atoms with E-state index in [9.17, 15) is 14.3 Å². The maximum absolute atomic E-state index is 12.5. The summed E-state index contributed by atoms with van der Waals surface area (Å²) in [6.07, 6.45) is 40.0. The van der Waals surface area contributed by atoms with Gasteiger partial charge in [0.2, 0.25) is 0 Å². The van der Waals surface area contributed by atoms with Crippen molar-refractivity contribution in [2.75, 3.05) is 54.1 Å². The average Bonchev–Trinajstić information content (AvgIpc) is 3.09. The predicted molar refractivity (Wildman–Crippen MR) is 220 cm³/mol. The van der Waals surface area contributed by atoms with Gasteiger partial charge in [0, 0.05) is 13.0 Å². The molecule has 0 heterocycles. The molecule has 2 unspecified atom stereocenters. The number of likely N-dealkylation sites (N-methyl/N-ethyl adjacent to an activating group) is 1. The van der Waals surface area contributed by atoms with E-state index in [4.69, 9.17) is 18.5 Å². The smallest absolute Gasteiger partial charge is 0.457 e. The zero-order valence-electron chi connectivity index (χ0n) is 35.1. The van der Waals surface area contributed by atoms with Crippen LogP contribution in [0.15, 0.2) is 12.2 Å². The molecule has 0 bridgehead atoms. The summed E-state index contributed by atoms with van der Waals surface area (Å²) in [4.78, 5) is 22.6. The monoisotopic (exact) mass is 761 g/mol. The number of hydrogen-bond acceptors (Lipinski definition) is 6. The molecule has 9 heteroatoms. The molecule has 0 saturated carbocycles. The summed E-state index contributed by atoms with van der Waals surface area (Å²) < 4.78 is 34.8. The van der Waals surface area contributed by atoms with E-state index in [1.54, 1.807) is 0 Å². The predicted octanol–water partition coefficient (Wildman–Crippen LogP) is 12.7. The first-order valence-corrected chi connectivity index (χ1v) is 23.4. The van der Waals surface area contributed by atoms with Crippen LogP contribution in [-0.2, 0) is 27.9 Å². The summed E-state index contributed by atoms with van der Waals surface area (Å²) in [5, 5.41) is 0. The van der Waals surface area contributed by atoms with Gasteiger partial charge >= 0.3 is 13.8 Å². The molecule has 2 atom stereocenters. The molecule has 0 aromatic carbocycles. The third-order valence-electron chi connectivity index (χ3n) is 9.58. The van der Waals surface area contributed by atoms with E-state index in [1.807, 2.05) is 21.1 Å². The first-order chi connectivity index (χ1) is 25.1. The van der Waals surface area contributed by atoms with Crippen molar-refractivity contribution in [1.82, 2.24) is 0 Å². The first-order valence-electron chi connectivity index (χ1n) is 21.9. The van der Waals surface area contributed by atoms with E-state index in [0.29, 0.717) is 24.1 Å². The highest BCUT2D eigenvalue weighted by Gasteiger charge is 2.26. The van der Waals surface area contributed by atoms with E-state index < -0.39 is 13.9 Å². The van der Waals surface area contributed by atoms with Gasteiger partial charge in [0.25, 0.3) is 0 Å². The Kier molecular flexibility index (Phi) is 36.6. The molecule has 0 amide bonds. The Bertz CT molecular complexity index is 848. The Morgan fingerprint density at radius 3 is 1.46 bits per heavy atom. The molecule has 8 nitrogen and oxygen atoms in total. The standard InChI is InChI=1S/C43H86NO7P/c1-6-8-10-12-14-15-16-17-18-19-20-21-22-23-24-25-26-27-28-29-30-31-33-35-38-48-40-42(51-43(45)36-34-32-13-11-9-7-2)41-50-52(46,47)49-39-37-44(3,4)5/h19-20,42H,6-18,21-41H2,1-5H3/p+1/b20-19-. The third kappa shape index (κ3) is 40.4. The molecule has 310 valence electrons. The maximum Gasteiger partial charge on any atom is 0.472 e. The van der Waals surface area contributed by atoms with Crippen molar-refractivity contribution in [3.8, 4) is 0 Å². The van der Waals surface area contributed by atoms with Gasteiger partial charge < -0.3 is 18.9 Å². The zero-order chi connectivity index (χ0) is 38.4. The van der Waals surface area contributed by atoms with Crippen LogP contribution in [0.2, 0.25) is 0 Å². The van der Waals surface area contributed by atoms with Crippen molar-refractivity contribution in [1.29, 1.82) is 0 Å². The Morgan fingerprint density at radius 2 is 1.00 bits per heavy atom. The number of quaternary nitrogens is 1. The van der Waals surface area contributed by atoms with Crippen molar-refractivity contribution in [3.63, 3.8) is 0 Å². The van der Waals surface area contributed by atoms with Gasteiger partial charge in [-0.2, -0.15) is 0 Å². The van der Waals surface area contributed by atoms with E-state index >= 15 is 0 Å². The van der Waals surface area contributed by atoms with Crippen LogP contribution in [0, 0.1) is 0 Å². The molecule has 0 saturated heterocycles. The lowest BCUT2D eigenvalue weighted by Crippen LogP contribution is -2.37. The molecule has 0 aromatic rings. The van der Waals surface area contributed by atoms with Gasteiger partial charge in [-0.25, -0.2) is 4.57 Å². The van der Waals surface area contributed by atoms with Gasteiger partial charge in [0.15, 0.2) is 0 Å². The summed E-state index contributed by atoms with van der Waals surface area (Å²) in [7, 11) is 1.67. The van der Waals surface area contributed by atoms with Crippen molar-refractivity contribution in [2.24, 2.45) is 0 Å². The zero-order valence-corrected chi connectivity index (χ0v) is 36.0. The Balaban J connectivity index is 3.92. The summed E-state index contributed by atoms with van der Waals surface area (Å²) in [5.41, 5.74) is 0. The third-order valence-corrected chi connectivity index (χ3v) is 10.6.